The lowest BCUT2D eigenvalue weighted by Gasteiger charge is -2.53. The van der Waals surface area contributed by atoms with Crippen LogP contribution in [0.5, 0.6) is 0 Å². The Labute approximate surface area is 160 Å². The van der Waals surface area contributed by atoms with Crippen molar-refractivity contribution >= 4 is 10.2 Å². The second kappa shape index (κ2) is 6.41. The third-order valence-corrected chi connectivity index (χ3v) is 7.55. The maximum atomic E-state index is 11.6. The summed E-state index contributed by atoms with van der Waals surface area (Å²) >= 11 is 0. The van der Waals surface area contributed by atoms with Crippen molar-refractivity contribution in [1.82, 2.24) is 13.9 Å². The van der Waals surface area contributed by atoms with Crippen LogP contribution in [-0.4, -0.2) is 46.6 Å². The van der Waals surface area contributed by atoms with E-state index in [0.29, 0.717) is 19.5 Å². The lowest BCUT2D eigenvalue weighted by atomic mass is 9.56. The number of nitrogens with zero attached hydrogens (tertiary/aromatic N) is 3. The summed E-state index contributed by atoms with van der Waals surface area (Å²) in [7, 11) is -3.70. The number of aliphatic hydroxyl groups excluding tert-OH is 1. The third-order valence-electron chi connectivity index (χ3n) is 6.39. The first-order valence-electron chi connectivity index (χ1n) is 9.33. The summed E-state index contributed by atoms with van der Waals surface area (Å²) in [6.45, 7) is 4.46. The van der Waals surface area contributed by atoms with Gasteiger partial charge in [-0.3, -0.25) is 0 Å². The molecule has 2 aromatic rings. The van der Waals surface area contributed by atoms with Gasteiger partial charge in [0.25, 0.3) is 10.2 Å². The van der Waals surface area contributed by atoms with Gasteiger partial charge in [-0.05, 0) is 23.8 Å². The standard InChI is InChI=1S/C19H26N4O3S/c1-3-22(27(20,25)26)9-8-19(2)10-15(18(19)24)17-14-7-5-4-6-13(14)16-11-21-12-23(16)17/h4-7,11-12,15,17-18,24H,3,8-10H2,1-2H3,(H2,20,25,26)/t15-,17-,18-,19?/m1/s1. The molecule has 0 spiro atoms. The summed E-state index contributed by atoms with van der Waals surface area (Å²) in [5, 5.41) is 16.3. The molecule has 0 bridgehead atoms. The van der Waals surface area contributed by atoms with Crippen LogP contribution in [0.25, 0.3) is 11.3 Å². The Balaban J connectivity index is 1.52. The predicted octanol–water partition coefficient (Wildman–Crippen LogP) is 1.76. The second-order valence-corrected chi connectivity index (χ2v) is 9.52. The molecular formula is C19H26N4O3S. The van der Waals surface area contributed by atoms with Crippen molar-refractivity contribution < 1.29 is 13.5 Å². The highest BCUT2D eigenvalue weighted by Gasteiger charge is 2.54. The van der Waals surface area contributed by atoms with Crippen LogP contribution in [0.15, 0.2) is 36.8 Å². The van der Waals surface area contributed by atoms with Crippen LogP contribution in [0, 0.1) is 11.3 Å². The summed E-state index contributed by atoms with van der Waals surface area (Å²) < 4.78 is 26.6. The van der Waals surface area contributed by atoms with Crippen molar-refractivity contribution in [2.24, 2.45) is 16.5 Å². The van der Waals surface area contributed by atoms with E-state index >= 15 is 0 Å². The molecule has 2 aliphatic rings. The van der Waals surface area contributed by atoms with Crippen LogP contribution in [-0.2, 0) is 10.2 Å². The zero-order valence-corrected chi connectivity index (χ0v) is 16.4. The van der Waals surface area contributed by atoms with Crippen LogP contribution >= 0.6 is 0 Å². The van der Waals surface area contributed by atoms with E-state index in [1.807, 2.05) is 31.6 Å². The molecule has 0 amide bonds. The number of fused-ring (bicyclic) bond motifs is 3. The second-order valence-electron chi connectivity index (χ2n) is 7.97. The average Bonchev–Trinajstić information content (AvgIpc) is 3.20. The van der Waals surface area contributed by atoms with E-state index in [1.165, 1.54) is 15.4 Å². The number of benzene rings is 1. The monoisotopic (exact) mass is 390 g/mol. The Kier molecular flexibility index (Phi) is 4.42. The van der Waals surface area contributed by atoms with E-state index < -0.39 is 16.3 Å². The van der Waals surface area contributed by atoms with Gasteiger partial charge < -0.3 is 9.67 Å². The van der Waals surface area contributed by atoms with Crippen molar-refractivity contribution in [2.45, 2.75) is 38.8 Å². The number of hydrogen-bond acceptors (Lipinski definition) is 4. The SMILES string of the molecule is CCN(CCC1(C)C[C@H]([C@H]2c3ccccc3-c3cncn32)[C@H]1O)S(N)(=O)=O. The Morgan fingerprint density at radius 3 is 2.81 bits per heavy atom. The first kappa shape index (κ1) is 18.6. The lowest BCUT2D eigenvalue weighted by molar-refractivity contribution is -0.127. The molecule has 146 valence electrons. The van der Waals surface area contributed by atoms with Gasteiger partial charge in [-0.1, -0.05) is 38.1 Å². The summed E-state index contributed by atoms with van der Waals surface area (Å²) in [6, 6.07) is 8.34. The molecule has 1 saturated carbocycles. The number of imidazole rings is 1. The van der Waals surface area contributed by atoms with Gasteiger partial charge in [0.15, 0.2) is 0 Å². The van der Waals surface area contributed by atoms with E-state index in [9.17, 15) is 13.5 Å². The third kappa shape index (κ3) is 2.91. The maximum absolute atomic E-state index is 11.6. The number of rotatable bonds is 6. The highest BCUT2D eigenvalue weighted by atomic mass is 32.2. The van der Waals surface area contributed by atoms with Crippen LogP contribution in [0.2, 0.25) is 0 Å². The minimum Gasteiger partial charge on any atom is -0.392 e. The Hall–Kier alpha value is -1.74. The topological polar surface area (TPSA) is 101 Å². The van der Waals surface area contributed by atoms with Gasteiger partial charge in [0.05, 0.1) is 30.4 Å². The van der Waals surface area contributed by atoms with Crippen molar-refractivity contribution in [3.8, 4) is 11.3 Å². The Morgan fingerprint density at radius 1 is 1.41 bits per heavy atom. The maximum Gasteiger partial charge on any atom is 0.276 e. The fraction of sp³-hybridized carbons (Fsp3) is 0.526. The van der Waals surface area contributed by atoms with Crippen molar-refractivity contribution in [3.05, 3.63) is 42.4 Å². The van der Waals surface area contributed by atoms with Crippen molar-refractivity contribution in [1.29, 1.82) is 0 Å². The molecule has 0 saturated heterocycles. The molecule has 1 unspecified atom stereocenters. The molecule has 0 radical (unpaired) electrons. The van der Waals surface area contributed by atoms with E-state index in [2.05, 4.69) is 21.7 Å². The van der Waals surface area contributed by atoms with E-state index in [4.69, 9.17) is 5.14 Å². The molecule has 3 N–H and O–H groups in total. The zero-order chi connectivity index (χ0) is 19.4. The minimum absolute atomic E-state index is 0.0716. The lowest BCUT2D eigenvalue weighted by Crippen LogP contribution is -2.55. The molecule has 4 rings (SSSR count). The van der Waals surface area contributed by atoms with E-state index in [1.54, 1.807) is 6.92 Å². The number of nitrogens with two attached hydrogens (primary N) is 1. The van der Waals surface area contributed by atoms with E-state index in [0.717, 1.165) is 12.1 Å². The van der Waals surface area contributed by atoms with Crippen molar-refractivity contribution in [2.75, 3.05) is 13.1 Å². The molecule has 1 aliphatic heterocycles. The van der Waals surface area contributed by atoms with Gasteiger partial charge in [0.2, 0.25) is 0 Å². The molecule has 27 heavy (non-hydrogen) atoms. The van der Waals surface area contributed by atoms with Gasteiger partial charge in [-0.25, -0.2) is 10.1 Å². The van der Waals surface area contributed by atoms with Gasteiger partial charge in [-0.2, -0.15) is 12.7 Å². The normalized spacial score (nSPS) is 29.4. The Morgan fingerprint density at radius 2 is 2.15 bits per heavy atom. The molecule has 1 aromatic carbocycles. The molecule has 2 heterocycles. The summed E-state index contributed by atoms with van der Waals surface area (Å²) in [5.74, 6) is 0.0798. The minimum atomic E-state index is -3.70. The molecule has 1 fully saturated rings. The fourth-order valence-corrected chi connectivity index (χ4v) is 5.52. The molecule has 8 heteroatoms. The molecule has 4 atom stereocenters. The summed E-state index contributed by atoms with van der Waals surface area (Å²) in [6.07, 6.45) is 4.60. The fourth-order valence-electron chi connectivity index (χ4n) is 4.82. The number of aromatic nitrogens is 2. The highest BCUT2D eigenvalue weighted by molar-refractivity contribution is 7.86. The van der Waals surface area contributed by atoms with E-state index in [-0.39, 0.29) is 17.4 Å². The van der Waals surface area contributed by atoms with Crippen molar-refractivity contribution in [3.63, 3.8) is 0 Å². The molecule has 1 aliphatic carbocycles. The smallest absolute Gasteiger partial charge is 0.276 e. The van der Waals surface area contributed by atoms with Gasteiger partial charge in [0, 0.05) is 24.6 Å². The summed E-state index contributed by atoms with van der Waals surface area (Å²) in [5.41, 5.74) is 3.16. The van der Waals surface area contributed by atoms with Gasteiger partial charge in [0.1, 0.15) is 0 Å². The Bertz CT molecular complexity index is 957. The highest BCUT2D eigenvalue weighted by Crippen LogP contribution is 2.57. The predicted molar refractivity (Wildman–Crippen MR) is 103 cm³/mol. The molecule has 1 aromatic heterocycles. The van der Waals surface area contributed by atoms with Crippen LogP contribution in [0.3, 0.4) is 0 Å². The van der Waals surface area contributed by atoms with Crippen LogP contribution in [0.4, 0.5) is 0 Å². The summed E-state index contributed by atoms with van der Waals surface area (Å²) in [4.78, 5) is 4.29. The first-order valence-corrected chi connectivity index (χ1v) is 10.8. The van der Waals surface area contributed by atoms with Gasteiger partial charge in [-0.15, -0.1) is 0 Å². The van der Waals surface area contributed by atoms with Crippen LogP contribution in [0.1, 0.15) is 38.3 Å². The number of hydrogen-bond donors (Lipinski definition) is 2. The quantitative estimate of drug-likeness (QED) is 0.785. The largest absolute Gasteiger partial charge is 0.392 e. The molecular weight excluding hydrogens is 364 g/mol. The average molecular weight is 391 g/mol. The number of aliphatic hydroxyl groups is 1. The first-order chi connectivity index (χ1) is 12.8. The molecule has 7 nitrogen and oxygen atoms in total. The van der Waals surface area contributed by atoms with Gasteiger partial charge >= 0.3 is 0 Å². The zero-order valence-electron chi connectivity index (χ0n) is 15.6. The van der Waals surface area contributed by atoms with Crippen LogP contribution < -0.4 is 5.14 Å².